The van der Waals surface area contributed by atoms with Gasteiger partial charge in [0.2, 0.25) is 0 Å². The van der Waals surface area contributed by atoms with Crippen LogP contribution in [0.3, 0.4) is 0 Å². The van der Waals surface area contributed by atoms with Crippen LogP contribution in [0, 0.1) is 0 Å². The van der Waals surface area contributed by atoms with Crippen molar-refractivity contribution in [3.8, 4) is 0 Å². The number of esters is 1. The molecule has 5 nitrogen and oxygen atoms in total. The highest BCUT2D eigenvalue weighted by Gasteiger charge is 2.09. The van der Waals surface area contributed by atoms with Gasteiger partial charge in [-0.05, 0) is 35.4 Å². The van der Waals surface area contributed by atoms with Gasteiger partial charge in [0.1, 0.15) is 5.58 Å². The number of hydrogen-bond acceptors (Lipinski definition) is 5. The molecule has 0 aliphatic carbocycles. The highest BCUT2D eigenvalue weighted by molar-refractivity contribution is 6.07. The molecule has 1 heterocycles. The normalized spacial score (nSPS) is 11.0. The van der Waals surface area contributed by atoms with Crippen LogP contribution in [0.2, 0.25) is 0 Å². The van der Waals surface area contributed by atoms with Crippen LogP contribution in [-0.2, 0) is 16.1 Å². The van der Waals surface area contributed by atoms with Crippen molar-refractivity contribution in [2.24, 2.45) is 0 Å². The molecule has 0 aliphatic heterocycles. The maximum Gasteiger partial charge on any atom is 0.336 e. The van der Waals surface area contributed by atoms with E-state index in [0.29, 0.717) is 31.5 Å². The molecule has 0 fully saturated rings. The molecule has 0 atom stereocenters. The summed E-state index contributed by atoms with van der Waals surface area (Å²) < 4.78 is 9.96. The van der Waals surface area contributed by atoms with Crippen molar-refractivity contribution in [1.29, 1.82) is 0 Å². The third-order valence-corrected chi connectivity index (χ3v) is 3.99. The number of methoxy groups -OCH3 is 1. The predicted octanol–water partition coefficient (Wildman–Crippen LogP) is 2.99. The summed E-state index contributed by atoms with van der Waals surface area (Å²) >= 11 is 0. The van der Waals surface area contributed by atoms with E-state index in [-0.39, 0.29) is 11.6 Å². The third kappa shape index (κ3) is 3.46. The Kier molecular flexibility index (Phi) is 4.91. The van der Waals surface area contributed by atoms with E-state index in [2.05, 4.69) is 10.1 Å². The van der Waals surface area contributed by atoms with Crippen LogP contribution in [-0.4, -0.2) is 19.6 Å². The molecule has 24 heavy (non-hydrogen) atoms. The minimum absolute atomic E-state index is 0.214. The SMILES string of the molecule is COC(=O)CCCNCc1cc(=O)oc2ccc3ccccc3c12. The summed E-state index contributed by atoms with van der Waals surface area (Å²) in [5, 5.41) is 6.39. The largest absolute Gasteiger partial charge is 0.469 e. The molecule has 0 radical (unpaired) electrons. The van der Waals surface area contributed by atoms with Crippen LogP contribution in [0.4, 0.5) is 0 Å². The van der Waals surface area contributed by atoms with E-state index in [1.54, 1.807) is 0 Å². The summed E-state index contributed by atoms with van der Waals surface area (Å²) in [6.45, 7) is 1.21. The van der Waals surface area contributed by atoms with E-state index in [1.807, 2.05) is 36.4 Å². The fraction of sp³-hybridized carbons (Fsp3) is 0.263. The first-order chi connectivity index (χ1) is 11.7. The molecule has 5 heteroatoms. The van der Waals surface area contributed by atoms with Crippen molar-refractivity contribution in [2.45, 2.75) is 19.4 Å². The quantitative estimate of drug-likeness (QED) is 0.326. The first kappa shape index (κ1) is 16.2. The molecule has 1 aromatic heterocycles. The second-order valence-electron chi connectivity index (χ2n) is 5.61. The zero-order valence-electron chi connectivity index (χ0n) is 13.5. The van der Waals surface area contributed by atoms with Crippen molar-refractivity contribution in [1.82, 2.24) is 5.32 Å². The number of fused-ring (bicyclic) bond motifs is 3. The van der Waals surface area contributed by atoms with Gasteiger partial charge in [-0.15, -0.1) is 0 Å². The van der Waals surface area contributed by atoms with E-state index >= 15 is 0 Å². The number of rotatable bonds is 6. The van der Waals surface area contributed by atoms with Gasteiger partial charge in [-0.3, -0.25) is 4.79 Å². The lowest BCUT2D eigenvalue weighted by atomic mass is 10.0. The zero-order chi connectivity index (χ0) is 16.9. The topological polar surface area (TPSA) is 68.5 Å². The van der Waals surface area contributed by atoms with Crippen molar-refractivity contribution in [3.05, 3.63) is 58.4 Å². The molecule has 0 saturated heterocycles. The van der Waals surface area contributed by atoms with Gasteiger partial charge in [0, 0.05) is 24.4 Å². The first-order valence-corrected chi connectivity index (χ1v) is 7.91. The minimum atomic E-state index is -0.357. The number of ether oxygens (including phenoxy) is 1. The van der Waals surface area contributed by atoms with E-state index in [9.17, 15) is 9.59 Å². The molecule has 3 rings (SSSR count). The molecule has 0 aliphatic rings. The minimum Gasteiger partial charge on any atom is -0.469 e. The highest BCUT2D eigenvalue weighted by Crippen LogP contribution is 2.27. The molecule has 0 saturated carbocycles. The van der Waals surface area contributed by atoms with E-state index < -0.39 is 0 Å². The Morgan fingerprint density at radius 3 is 2.88 bits per heavy atom. The third-order valence-electron chi connectivity index (χ3n) is 3.99. The first-order valence-electron chi connectivity index (χ1n) is 7.91. The maximum absolute atomic E-state index is 11.8. The fourth-order valence-electron chi connectivity index (χ4n) is 2.84. The molecular formula is C19H19NO4. The fourth-order valence-corrected chi connectivity index (χ4v) is 2.84. The van der Waals surface area contributed by atoms with Crippen molar-refractivity contribution < 1.29 is 13.9 Å². The van der Waals surface area contributed by atoms with Gasteiger partial charge in [-0.1, -0.05) is 30.3 Å². The monoisotopic (exact) mass is 325 g/mol. The lowest BCUT2D eigenvalue weighted by molar-refractivity contribution is -0.140. The van der Waals surface area contributed by atoms with E-state index in [1.165, 1.54) is 13.2 Å². The summed E-state index contributed by atoms with van der Waals surface area (Å²) in [7, 11) is 1.39. The highest BCUT2D eigenvalue weighted by atomic mass is 16.5. The van der Waals surface area contributed by atoms with Crippen LogP contribution in [0.15, 0.2) is 51.7 Å². The lowest BCUT2D eigenvalue weighted by Gasteiger charge is -2.09. The van der Waals surface area contributed by atoms with Crippen molar-refractivity contribution in [2.75, 3.05) is 13.7 Å². The molecule has 2 aromatic carbocycles. The molecule has 0 unspecified atom stereocenters. The average molecular weight is 325 g/mol. The van der Waals surface area contributed by atoms with Crippen LogP contribution in [0.25, 0.3) is 21.7 Å². The second-order valence-corrected chi connectivity index (χ2v) is 5.61. The van der Waals surface area contributed by atoms with Crippen molar-refractivity contribution in [3.63, 3.8) is 0 Å². The average Bonchev–Trinajstić information content (AvgIpc) is 2.60. The predicted molar refractivity (Wildman–Crippen MR) is 92.9 cm³/mol. The van der Waals surface area contributed by atoms with Gasteiger partial charge in [-0.2, -0.15) is 0 Å². The smallest absolute Gasteiger partial charge is 0.336 e. The number of nitrogens with one attached hydrogen (secondary N) is 1. The van der Waals surface area contributed by atoms with Crippen LogP contribution in [0.5, 0.6) is 0 Å². The molecular weight excluding hydrogens is 306 g/mol. The Balaban J connectivity index is 1.85. The Morgan fingerprint density at radius 2 is 2.04 bits per heavy atom. The van der Waals surface area contributed by atoms with Crippen LogP contribution >= 0.6 is 0 Å². The lowest BCUT2D eigenvalue weighted by Crippen LogP contribution is -2.17. The summed E-state index contributed by atoms with van der Waals surface area (Å²) in [6, 6.07) is 13.3. The Hall–Kier alpha value is -2.66. The summed E-state index contributed by atoms with van der Waals surface area (Å²) in [4.78, 5) is 22.9. The summed E-state index contributed by atoms with van der Waals surface area (Å²) in [6.07, 6.45) is 1.07. The molecule has 124 valence electrons. The van der Waals surface area contributed by atoms with Gasteiger partial charge in [0.05, 0.1) is 7.11 Å². The van der Waals surface area contributed by atoms with Gasteiger partial charge >= 0.3 is 11.6 Å². The standard InChI is InChI=1S/C19H19NO4/c1-23-17(21)7-4-10-20-12-14-11-18(22)24-16-9-8-13-5-2-3-6-15(13)19(14)16/h2-3,5-6,8-9,11,20H,4,7,10,12H2,1H3. The number of benzene rings is 2. The second kappa shape index (κ2) is 7.27. The molecule has 0 bridgehead atoms. The zero-order valence-corrected chi connectivity index (χ0v) is 13.5. The van der Waals surface area contributed by atoms with Gasteiger partial charge in [0.15, 0.2) is 0 Å². The van der Waals surface area contributed by atoms with Crippen LogP contribution in [0.1, 0.15) is 18.4 Å². The summed E-state index contributed by atoms with van der Waals surface area (Å²) in [5.41, 5.74) is 1.13. The van der Waals surface area contributed by atoms with Gasteiger partial charge in [0.25, 0.3) is 0 Å². The van der Waals surface area contributed by atoms with E-state index in [0.717, 1.165) is 21.7 Å². The Morgan fingerprint density at radius 1 is 1.21 bits per heavy atom. The molecule has 0 amide bonds. The van der Waals surface area contributed by atoms with Crippen LogP contribution < -0.4 is 10.9 Å². The molecule has 3 aromatic rings. The Bertz CT molecular complexity index is 929. The Labute approximate surface area is 139 Å². The maximum atomic E-state index is 11.8. The van der Waals surface area contributed by atoms with Crippen molar-refractivity contribution >= 4 is 27.7 Å². The van der Waals surface area contributed by atoms with E-state index in [4.69, 9.17) is 4.42 Å². The summed E-state index contributed by atoms with van der Waals surface area (Å²) in [5.74, 6) is -0.214. The molecule has 0 spiro atoms. The number of hydrogen-bond donors (Lipinski definition) is 1. The van der Waals surface area contributed by atoms with Gasteiger partial charge < -0.3 is 14.5 Å². The number of carbonyl (C=O) groups is 1. The van der Waals surface area contributed by atoms with Gasteiger partial charge in [-0.25, -0.2) is 4.79 Å². The molecule has 1 N–H and O–H groups in total. The number of carbonyl (C=O) groups excluding carboxylic acids is 1.